The summed E-state index contributed by atoms with van der Waals surface area (Å²) in [5.74, 6) is 1.89. The molecule has 0 aliphatic carbocycles. The Morgan fingerprint density at radius 3 is 2.43 bits per heavy atom. The van der Waals surface area contributed by atoms with Crippen LogP contribution in [0.4, 0.5) is 0 Å². The first kappa shape index (κ1) is 24.0. The maximum Gasteiger partial charge on any atom is 0.251 e. The molecular weight excluding hydrogens is 470 g/mol. The Hall–Kier alpha value is -4.72. The summed E-state index contributed by atoms with van der Waals surface area (Å²) in [5.41, 5.74) is 3.16. The van der Waals surface area contributed by atoms with E-state index in [9.17, 15) is 9.59 Å². The van der Waals surface area contributed by atoms with Crippen molar-refractivity contribution in [2.45, 2.75) is 12.5 Å². The molecule has 3 aromatic carbocycles. The highest BCUT2D eigenvalue weighted by Gasteiger charge is 2.27. The molecule has 0 saturated carbocycles. The zero-order chi connectivity index (χ0) is 25.8. The van der Waals surface area contributed by atoms with E-state index in [1.54, 1.807) is 60.9 Å². The molecule has 1 N–H and O–H groups in total. The molecule has 5 rings (SSSR count). The molecule has 186 valence electrons. The average molecular weight is 496 g/mol. The number of benzene rings is 3. The number of methoxy groups -OCH3 is 2. The Morgan fingerprint density at radius 1 is 0.946 bits per heavy atom. The van der Waals surface area contributed by atoms with Gasteiger partial charge in [0.1, 0.15) is 23.4 Å². The second-order valence-corrected chi connectivity index (χ2v) is 8.49. The number of nitrogens with zero attached hydrogens (tertiary/aromatic N) is 2. The van der Waals surface area contributed by atoms with Gasteiger partial charge in [0.2, 0.25) is 0 Å². The van der Waals surface area contributed by atoms with Crippen LogP contribution in [0.25, 0.3) is 11.4 Å². The van der Waals surface area contributed by atoms with Crippen molar-refractivity contribution in [3.8, 4) is 28.6 Å². The molecule has 8 heteroatoms. The smallest absolute Gasteiger partial charge is 0.251 e. The van der Waals surface area contributed by atoms with Gasteiger partial charge in [0.15, 0.2) is 11.6 Å². The van der Waals surface area contributed by atoms with Crippen LogP contribution in [-0.2, 0) is 6.42 Å². The van der Waals surface area contributed by atoms with Gasteiger partial charge in [0.25, 0.3) is 5.91 Å². The van der Waals surface area contributed by atoms with Crippen LogP contribution in [0.15, 0.2) is 79.1 Å². The van der Waals surface area contributed by atoms with Crippen LogP contribution in [-0.4, -0.2) is 48.5 Å². The Morgan fingerprint density at radius 2 is 1.70 bits per heavy atom. The first-order chi connectivity index (χ1) is 18.1. The van der Waals surface area contributed by atoms with Crippen molar-refractivity contribution in [1.29, 1.82) is 0 Å². The normalized spacial score (nSPS) is 13.8. The van der Waals surface area contributed by atoms with Crippen LogP contribution >= 0.6 is 0 Å². The van der Waals surface area contributed by atoms with E-state index in [1.165, 1.54) is 14.2 Å². The monoisotopic (exact) mass is 495 g/mol. The zero-order valence-electron chi connectivity index (χ0n) is 20.4. The number of ketones is 1. The third-order valence-corrected chi connectivity index (χ3v) is 6.19. The summed E-state index contributed by atoms with van der Waals surface area (Å²) in [6, 6.07) is 19.2. The molecule has 0 spiro atoms. The molecule has 37 heavy (non-hydrogen) atoms. The minimum absolute atomic E-state index is 0.204. The van der Waals surface area contributed by atoms with Gasteiger partial charge in [-0.05, 0) is 48.0 Å². The first-order valence-corrected chi connectivity index (χ1v) is 11.8. The molecule has 1 aliphatic heterocycles. The van der Waals surface area contributed by atoms with E-state index in [2.05, 4.69) is 15.3 Å². The number of amides is 1. The maximum absolute atomic E-state index is 13.1. The quantitative estimate of drug-likeness (QED) is 0.367. The summed E-state index contributed by atoms with van der Waals surface area (Å²) in [4.78, 5) is 34.5. The lowest BCUT2D eigenvalue weighted by Crippen LogP contribution is -2.34. The van der Waals surface area contributed by atoms with Gasteiger partial charge < -0.3 is 19.5 Å². The third kappa shape index (κ3) is 4.99. The standard InChI is InChI=1S/C29H25N3O5/c1-35-21-11-12-25(36-2)24(16-21)26(33)18-7-9-19(10-8-18)29(34)32-17-22-15-20-5-3-6-23(27(20)37-22)28-30-13-4-14-31-28/h3-14,16,22H,15,17H2,1-2H3,(H,32,34)/t22-/m0/s1. The molecule has 1 atom stereocenters. The predicted octanol–water partition coefficient (Wildman–Crippen LogP) is 4.13. The van der Waals surface area contributed by atoms with Crippen molar-refractivity contribution in [3.05, 3.63) is 101 Å². The van der Waals surface area contributed by atoms with Gasteiger partial charge in [-0.2, -0.15) is 0 Å². The third-order valence-electron chi connectivity index (χ3n) is 6.19. The molecule has 8 nitrogen and oxygen atoms in total. The Labute approximate surface area is 214 Å². The van der Waals surface area contributed by atoms with Crippen LogP contribution in [0, 0.1) is 0 Å². The van der Waals surface area contributed by atoms with Crippen molar-refractivity contribution >= 4 is 11.7 Å². The largest absolute Gasteiger partial charge is 0.497 e. The number of carbonyl (C=O) groups excluding carboxylic acids is 2. The Balaban J connectivity index is 1.23. The van der Waals surface area contributed by atoms with Crippen molar-refractivity contribution in [3.63, 3.8) is 0 Å². The number of hydrogen-bond acceptors (Lipinski definition) is 7. The van der Waals surface area contributed by atoms with Crippen molar-refractivity contribution in [2.75, 3.05) is 20.8 Å². The van der Waals surface area contributed by atoms with Crippen molar-refractivity contribution in [2.24, 2.45) is 0 Å². The Kier molecular flexibility index (Phi) is 6.81. The highest BCUT2D eigenvalue weighted by Crippen LogP contribution is 2.37. The molecular formula is C29H25N3O5. The van der Waals surface area contributed by atoms with Crippen LogP contribution in [0.3, 0.4) is 0 Å². The summed E-state index contributed by atoms with van der Waals surface area (Å²) in [7, 11) is 3.05. The zero-order valence-corrected chi connectivity index (χ0v) is 20.4. The minimum Gasteiger partial charge on any atom is -0.497 e. The van der Waals surface area contributed by atoms with Gasteiger partial charge in [0, 0.05) is 29.9 Å². The van der Waals surface area contributed by atoms with Gasteiger partial charge in [-0.3, -0.25) is 9.59 Å². The second kappa shape index (κ2) is 10.5. The number of para-hydroxylation sites is 1. The van der Waals surface area contributed by atoms with E-state index in [1.807, 2.05) is 18.2 Å². The lowest BCUT2D eigenvalue weighted by atomic mass is 10.0. The minimum atomic E-state index is -0.246. The van der Waals surface area contributed by atoms with Crippen molar-refractivity contribution < 1.29 is 23.8 Å². The molecule has 0 bridgehead atoms. The molecule has 0 saturated heterocycles. The Bertz CT molecular complexity index is 1440. The molecule has 1 aromatic heterocycles. The fourth-order valence-electron chi connectivity index (χ4n) is 4.30. The van der Waals surface area contributed by atoms with E-state index < -0.39 is 0 Å². The molecule has 0 radical (unpaired) electrons. The molecule has 0 unspecified atom stereocenters. The fraction of sp³-hybridized carbons (Fsp3) is 0.172. The van der Waals surface area contributed by atoms with E-state index >= 15 is 0 Å². The summed E-state index contributed by atoms with van der Waals surface area (Å²) in [6.45, 7) is 0.338. The molecule has 0 fully saturated rings. The van der Waals surface area contributed by atoms with Crippen LogP contribution in [0.2, 0.25) is 0 Å². The van der Waals surface area contributed by atoms with Gasteiger partial charge >= 0.3 is 0 Å². The van der Waals surface area contributed by atoms with E-state index in [-0.39, 0.29) is 17.8 Å². The number of nitrogens with one attached hydrogen (secondary N) is 1. The number of carbonyl (C=O) groups is 2. The highest BCUT2D eigenvalue weighted by molar-refractivity contribution is 6.11. The van der Waals surface area contributed by atoms with Gasteiger partial charge in [0.05, 0.1) is 31.9 Å². The molecule has 1 aliphatic rings. The summed E-state index contributed by atoms with van der Waals surface area (Å²) in [5, 5.41) is 2.93. The van der Waals surface area contributed by atoms with E-state index in [4.69, 9.17) is 14.2 Å². The number of rotatable bonds is 8. The average Bonchev–Trinajstić information content (AvgIpc) is 3.39. The van der Waals surface area contributed by atoms with Gasteiger partial charge in [-0.25, -0.2) is 9.97 Å². The number of fused-ring (bicyclic) bond motifs is 1. The second-order valence-electron chi connectivity index (χ2n) is 8.49. The molecule has 1 amide bonds. The highest BCUT2D eigenvalue weighted by atomic mass is 16.5. The predicted molar refractivity (Wildman–Crippen MR) is 137 cm³/mol. The fourth-order valence-corrected chi connectivity index (χ4v) is 4.30. The summed E-state index contributed by atoms with van der Waals surface area (Å²) < 4.78 is 16.7. The number of hydrogen-bond donors (Lipinski definition) is 1. The van der Waals surface area contributed by atoms with Gasteiger partial charge in [-0.1, -0.05) is 24.3 Å². The van der Waals surface area contributed by atoms with E-state index in [0.29, 0.717) is 47.0 Å². The lowest BCUT2D eigenvalue weighted by Gasteiger charge is -2.13. The van der Waals surface area contributed by atoms with Crippen LogP contribution in [0.5, 0.6) is 17.2 Å². The SMILES string of the molecule is COc1ccc(OC)c(C(=O)c2ccc(C(=O)NC[C@@H]3Cc4cccc(-c5ncccn5)c4O3)cc2)c1. The first-order valence-electron chi connectivity index (χ1n) is 11.8. The number of aromatic nitrogens is 2. The molecule has 4 aromatic rings. The topological polar surface area (TPSA) is 99.6 Å². The lowest BCUT2D eigenvalue weighted by molar-refractivity contribution is 0.0932. The maximum atomic E-state index is 13.1. The van der Waals surface area contributed by atoms with Crippen molar-refractivity contribution in [1.82, 2.24) is 15.3 Å². The van der Waals surface area contributed by atoms with Gasteiger partial charge in [-0.15, -0.1) is 0 Å². The number of ether oxygens (including phenoxy) is 3. The molecule has 2 heterocycles. The summed E-state index contributed by atoms with van der Waals surface area (Å²) >= 11 is 0. The van der Waals surface area contributed by atoms with Crippen LogP contribution < -0.4 is 19.5 Å². The van der Waals surface area contributed by atoms with Crippen LogP contribution in [0.1, 0.15) is 31.8 Å². The van der Waals surface area contributed by atoms with E-state index in [0.717, 1.165) is 16.9 Å². The summed E-state index contributed by atoms with van der Waals surface area (Å²) in [6.07, 6.45) is 3.86.